The van der Waals surface area contributed by atoms with Crippen LogP contribution in [0.15, 0.2) is 0 Å². The van der Waals surface area contributed by atoms with Crippen LogP contribution in [0.5, 0.6) is 0 Å². The quantitative estimate of drug-likeness (QED) is 0.584. The first-order valence-electron chi connectivity index (χ1n) is 5.60. The van der Waals surface area contributed by atoms with E-state index in [-0.39, 0.29) is 18.4 Å². The average molecular weight is 231 g/mol. The van der Waals surface area contributed by atoms with Gasteiger partial charge in [0.15, 0.2) is 0 Å². The Balaban J connectivity index is 3.87. The molecule has 0 aromatic heterocycles. The van der Waals surface area contributed by atoms with Crippen molar-refractivity contribution in [2.45, 2.75) is 45.1 Å². The van der Waals surface area contributed by atoms with Gasteiger partial charge in [-0.2, -0.15) is 0 Å². The Labute approximate surface area is 96.2 Å². The zero-order chi connectivity index (χ0) is 12.4. The molecule has 0 saturated heterocycles. The van der Waals surface area contributed by atoms with Crippen LogP contribution in [0.3, 0.4) is 0 Å². The van der Waals surface area contributed by atoms with E-state index in [0.717, 1.165) is 6.42 Å². The molecule has 1 atom stereocenters. The van der Waals surface area contributed by atoms with E-state index in [2.05, 4.69) is 5.32 Å². The van der Waals surface area contributed by atoms with Crippen molar-refractivity contribution in [1.29, 1.82) is 0 Å². The number of amides is 1. The standard InChI is InChI=1S/C11H21NO4/c1-3-5-9(8-11(14)15)12-10(13)6-4-7-16-2/h9H,3-8H2,1-2H3,(H,12,13)(H,14,15). The molecule has 2 N–H and O–H groups in total. The van der Waals surface area contributed by atoms with E-state index in [1.807, 2.05) is 6.92 Å². The topological polar surface area (TPSA) is 75.6 Å². The molecule has 0 heterocycles. The Morgan fingerprint density at radius 1 is 1.44 bits per heavy atom. The number of carbonyl (C=O) groups is 2. The van der Waals surface area contributed by atoms with Crippen molar-refractivity contribution >= 4 is 11.9 Å². The van der Waals surface area contributed by atoms with Gasteiger partial charge in [-0.1, -0.05) is 13.3 Å². The highest BCUT2D eigenvalue weighted by Gasteiger charge is 2.14. The molecule has 0 aliphatic rings. The van der Waals surface area contributed by atoms with E-state index in [1.165, 1.54) is 0 Å². The smallest absolute Gasteiger partial charge is 0.305 e. The Kier molecular flexibility index (Phi) is 8.52. The van der Waals surface area contributed by atoms with Crippen molar-refractivity contribution in [3.05, 3.63) is 0 Å². The summed E-state index contributed by atoms with van der Waals surface area (Å²) >= 11 is 0. The first-order valence-corrected chi connectivity index (χ1v) is 5.60. The summed E-state index contributed by atoms with van der Waals surface area (Å²) in [5, 5.41) is 11.4. The number of aliphatic carboxylic acids is 1. The number of hydrogen-bond donors (Lipinski definition) is 2. The van der Waals surface area contributed by atoms with Gasteiger partial charge in [0.2, 0.25) is 5.91 Å². The van der Waals surface area contributed by atoms with Gasteiger partial charge in [0.1, 0.15) is 0 Å². The van der Waals surface area contributed by atoms with E-state index in [4.69, 9.17) is 9.84 Å². The van der Waals surface area contributed by atoms with Gasteiger partial charge in [0.05, 0.1) is 6.42 Å². The number of ether oxygens (including phenoxy) is 1. The van der Waals surface area contributed by atoms with Crippen LogP contribution in [-0.4, -0.2) is 36.7 Å². The average Bonchev–Trinajstić information content (AvgIpc) is 2.17. The second-order valence-electron chi connectivity index (χ2n) is 3.75. The van der Waals surface area contributed by atoms with E-state index < -0.39 is 5.97 Å². The second kappa shape index (κ2) is 9.15. The summed E-state index contributed by atoms with van der Waals surface area (Å²) in [6, 6.07) is -0.252. The van der Waals surface area contributed by atoms with Crippen LogP contribution in [0.4, 0.5) is 0 Å². The van der Waals surface area contributed by atoms with E-state index >= 15 is 0 Å². The van der Waals surface area contributed by atoms with Gasteiger partial charge in [0.25, 0.3) is 0 Å². The van der Waals surface area contributed by atoms with E-state index in [1.54, 1.807) is 7.11 Å². The van der Waals surface area contributed by atoms with Crippen LogP contribution >= 0.6 is 0 Å². The fraction of sp³-hybridized carbons (Fsp3) is 0.818. The Morgan fingerprint density at radius 2 is 2.12 bits per heavy atom. The summed E-state index contributed by atoms with van der Waals surface area (Å²) in [6.07, 6.45) is 2.59. The van der Waals surface area contributed by atoms with Crippen molar-refractivity contribution in [3.63, 3.8) is 0 Å². The molecular weight excluding hydrogens is 210 g/mol. The van der Waals surface area contributed by atoms with Gasteiger partial charge in [0, 0.05) is 26.2 Å². The molecule has 0 aromatic rings. The lowest BCUT2D eigenvalue weighted by Gasteiger charge is -2.15. The number of carbonyl (C=O) groups excluding carboxylic acids is 1. The second-order valence-corrected chi connectivity index (χ2v) is 3.75. The van der Waals surface area contributed by atoms with Crippen LogP contribution in [-0.2, 0) is 14.3 Å². The number of rotatable bonds is 9. The monoisotopic (exact) mass is 231 g/mol. The molecule has 0 radical (unpaired) electrons. The Bertz CT molecular complexity index is 218. The fourth-order valence-corrected chi connectivity index (χ4v) is 1.46. The van der Waals surface area contributed by atoms with Crippen molar-refractivity contribution in [1.82, 2.24) is 5.32 Å². The van der Waals surface area contributed by atoms with Crippen molar-refractivity contribution < 1.29 is 19.4 Å². The molecule has 1 unspecified atom stereocenters. The van der Waals surface area contributed by atoms with Crippen LogP contribution in [0.1, 0.15) is 39.0 Å². The molecule has 0 bridgehead atoms. The number of hydrogen-bond acceptors (Lipinski definition) is 3. The van der Waals surface area contributed by atoms with Gasteiger partial charge in [-0.15, -0.1) is 0 Å². The highest BCUT2D eigenvalue weighted by Crippen LogP contribution is 2.03. The highest BCUT2D eigenvalue weighted by atomic mass is 16.5. The maximum absolute atomic E-state index is 11.4. The van der Waals surface area contributed by atoms with E-state index in [0.29, 0.717) is 25.9 Å². The molecule has 0 aromatic carbocycles. The molecule has 0 saturated carbocycles. The Hall–Kier alpha value is -1.10. The van der Waals surface area contributed by atoms with Crippen LogP contribution in [0.2, 0.25) is 0 Å². The van der Waals surface area contributed by atoms with E-state index in [9.17, 15) is 9.59 Å². The van der Waals surface area contributed by atoms with Crippen LogP contribution < -0.4 is 5.32 Å². The SMILES string of the molecule is CCCC(CC(=O)O)NC(=O)CCCOC. The minimum Gasteiger partial charge on any atom is -0.481 e. The molecule has 5 heteroatoms. The predicted octanol–water partition coefficient (Wildman–Crippen LogP) is 1.17. The molecule has 94 valence electrons. The van der Waals surface area contributed by atoms with Crippen molar-refractivity contribution in [3.8, 4) is 0 Å². The summed E-state index contributed by atoms with van der Waals surface area (Å²) in [7, 11) is 1.59. The fourth-order valence-electron chi connectivity index (χ4n) is 1.46. The van der Waals surface area contributed by atoms with Crippen molar-refractivity contribution in [2.75, 3.05) is 13.7 Å². The third-order valence-corrected chi connectivity index (χ3v) is 2.18. The minimum absolute atomic E-state index is 0.0101. The largest absolute Gasteiger partial charge is 0.481 e. The summed E-state index contributed by atoms with van der Waals surface area (Å²) in [4.78, 5) is 22.0. The molecule has 1 amide bonds. The van der Waals surface area contributed by atoms with Crippen molar-refractivity contribution in [2.24, 2.45) is 0 Å². The lowest BCUT2D eigenvalue weighted by molar-refractivity contribution is -0.137. The first-order chi connectivity index (χ1) is 7.60. The maximum Gasteiger partial charge on any atom is 0.305 e. The predicted molar refractivity (Wildman–Crippen MR) is 60.2 cm³/mol. The third kappa shape index (κ3) is 8.23. The molecular formula is C11H21NO4. The van der Waals surface area contributed by atoms with Gasteiger partial charge in [-0.3, -0.25) is 9.59 Å². The number of nitrogens with one attached hydrogen (secondary N) is 1. The molecule has 16 heavy (non-hydrogen) atoms. The summed E-state index contributed by atoms with van der Waals surface area (Å²) in [5.74, 6) is -0.979. The van der Waals surface area contributed by atoms with Gasteiger partial charge in [-0.25, -0.2) is 0 Å². The molecule has 5 nitrogen and oxygen atoms in total. The molecule has 0 rings (SSSR count). The lowest BCUT2D eigenvalue weighted by atomic mass is 10.1. The normalized spacial score (nSPS) is 12.1. The van der Waals surface area contributed by atoms with Gasteiger partial charge < -0.3 is 15.2 Å². The summed E-state index contributed by atoms with van der Waals surface area (Å²) < 4.78 is 4.84. The molecule has 0 fully saturated rings. The zero-order valence-corrected chi connectivity index (χ0v) is 9.99. The minimum atomic E-state index is -0.879. The third-order valence-electron chi connectivity index (χ3n) is 2.18. The highest BCUT2D eigenvalue weighted by molar-refractivity contribution is 5.77. The summed E-state index contributed by atoms with van der Waals surface area (Å²) in [5.41, 5.74) is 0. The van der Waals surface area contributed by atoms with Crippen LogP contribution in [0, 0.1) is 0 Å². The first kappa shape index (κ1) is 14.9. The van der Waals surface area contributed by atoms with Crippen LogP contribution in [0.25, 0.3) is 0 Å². The van der Waals surface area contributed by atoms with Gasteiger partial charge in [-0.05, 0) is 12.8 Å². The zero-order valence-electron chi connectivity index (χ0n) is 9.99. The maximum atomic E-state index is 11.4. The molecule has 0 aliphatic carbocycles. The lowest BCUT2D eigenvalue weighted by Crippen LogP contribution is -2.36. The summed E-state index contributed by atoms with van der Waals surface area (Å²) in [6.45, 7) is 2.51. The van der Waals surface area contributed by atoms with Gasteiger partial charge >= 0.3 is 5.97 Å². The molecule has 0 spiro atoms. The number of carboxylic acid groups (broad SMARTS) is 1. The molecule has 0 aliphatic heterocycles. The number of methoxy groups -OCH3 is 1. The number of carboxylic acids is 1. The Morgan fingerprint density at radius 3 is 2.62 bits per heavy atom.